The second kappa shape index (κ2) is 10.4. The molecule has 0 spiro atoms. The number of nitrogens with two attached hydrogens (primary N) is 1. The summed E-state index contributed by atoms with van der Waals surface area (Å²) in [7, 11) is 0. The summed E-state index contributed by atoms with van der Waals surface area (Å²) in [5, 5.41) is 17.8. The van der Waals surface area contributed by atoms with Crippen LogP contribution in [0.2, 0.25) is 0 Å². The molecule has 0 bridgehead atoms. The van der Waals surface area contributed by atoms with E-state index in [9.17, 15) is 19.5 Å². The lowest BCUT2D eigenvalue weighted by Crippen LogP contribution is -2.42. The van der Waals surface area contributed by atoms with Gasteiger partial charge < -0.3 is 21.6 Å². The van der Waals surface area contributed by atoms with Gasteiger partial charge in [0.05, 0.1) is 6.21 Å². The lowest BCUT2D eigenvalue weighted by atomic mass is 10.1. The third-order valence-electron chi connectivity index (χ3n) is 3.79. The van der Waals surface area contributed by atoms with E-state index in [1.165, 1.54) is 6.21 Å². The highest BCUT2D eigenvalue weighted by atomic mass is 16.4. The van der Waals surface area contributed by atoms with Crippen molar-refractivity contribution >= 4 is 29.7 Å². The molecule has 0 saturated heterocycles. The maximum Gasteiger partial charge on any atom is 0.326 e. The first-order valence-electron chi connectivity index (χ1n) is 8.52. The van der Waals surface area contributed by atoms with Gasteiger partial charge in [0, 0.05) is 37.3 Å². The Kier molecular flexibility index (Phi) is 7.64. The number of hydrogen-bond acceptors (Lipinski definition) is 6. The van der Waals surface area contributed by atoms with E-state index >= 15 is 0 Å². The van der Waals surface area contributed by atoms with Crippen molar-refractivity contribution in [3.63, 3.8) is 0 Å². The van der Waals surface area contributed by atoms with E-state index in [1.807, 2.05) is 0 Å². The summed E-state index contributed by atoms with van der Waals surface area (Å²) >= 11 is 0. The van der Waals surface area contributed by atoms with Gasteiger partial charge in [-0.1, -0.05) is 18.2 Å². The first-order valence-corrected chi connectivity index (χ1v) is 8.52. The van der Waals surface area contributed by atoms with Crippen LogP contribution in [-0.2, 0) is 20.8 Å². The van der Waals surface area contributed by atoms with Crippen LogP contribution in [0, 0.1) is 0 Å². The second-order valence-corrected chi connectivity index (χ2v) is 5.97. The van der Waals surface area contributed by atoms with Crippen LogP contribution in [0.25, 0.3) is 0 Å². The number of hydrogen-bond donors (Lipinski definition) is 4. The zero-order valence-corrected chi connectivity index (χ0v) is 15.0. The Labute approximate surface area is 161 Å². The smallest absolute Gasteiger partial charge is 0.326 e. The molecule has 5 N–H and O–H groups in total. The molecule has 0 fully saturated rings. The lowest BCUT2D eigenvalue weighted by molar-refractivity contribution is -0.141. The zero-order valence-electron chi connectivity index (χ0n) is 15.0. The third kappa shape index (κ3) is 6.87. The number of amides is 2. The molecule has 28 heavy (non-hydrogen) atoms. The normalized spacial score (nSPS) is 11.7. The molecule has 1 atom stereocenters. The van der Waals surface area contributed by atoms with Crippen LogP contribution < -0.4 is 16.5 Å². The van der Waals surface area contributed by atoms with Gasteiger partial charge >= 0.3 is 5.97 Å². The van der Waals surface area contributed by atoms with Gasteiger partial charge in [0.2, 0.25) is 11.8 Å². The molecular formula is C19H21N5O4. The quantitative estimate of drug-likeness (QED) is 0.287. The van der Waals surface area contributed by atoms with Gasteiger partial charge in [-0.2, -0.15) is 5.10 Å². The van der Waals surface area contributed by atoms with Gasteiger partial charge in [-0.05, 0) is 29.3 Å². The molecule has 2 rings (SSSR count). The zero-order chi connectivity index (χ0) is 20.4. The fourth-order valence-corrected chi connectivity index (χ4v) is 2.41. The van der Waals surface area contributed by atoms with Crippen molar-refractivity contribution in [3.8, 4) is 0 Å². The molecule has 0 radical (unpaired) electrons. The van der Waals surface area contributed by atoms with Crippen LogP contribution in [0.1, 0.15) is 24.0 Å². The predicted molar refractivity (Wildman–Crippen MR) is 104 cm³/mol. The van der Waals surface area contributed by atoms with Crippen molar-refractivity contribution < 1.29 is 19.5 Å². The van der Waals surface area contributed by atoms with Crippen LogP contribution in [0.3, 0.4) is 0 Å². The SMILES string of the molecule is NN=Cc1ccc(NC(=O)CCC(=O)NC(Cc2cccnc2)C(=O)O)cc1. The maximum absolute atomic E-state index is 12.0. The van der Waals surface area contributed by atoms with Crippen molar-refractivity contribution in [1.29, 1.82) is 0 Å². The van der Waals surface area contributed by atoms with Crippen molar-refractivity contribution in [1.82, 2.24) is 10.3 Å². The van der Waals surface area contributed by atoms with Crippen LogP contribution in [-0.4, -0.2) is 40.1 Å². The molecule has 1 heterocycles. The number of anilines is 1. The molecule has 9 nitrogen and oxygen atoms in total. The topological polar surface area (TPSA) is 147 Å². The molecule has 0 saturated carbocycles. The standard InChI is InChI=1S/C19H21N5O4/c20-22-12-13-3-5-15(6-4-13)23-17(25)7-8-18(26)24-16(19(27)28)10-14-2-1-9-21-11-14/h1-6,9,11-12,16H,7-8,10,20H2,(H,23,25)(H,24,26)(H,27,28). The van der Waals surface area contributed by atoms with Crippen LogP contribution in [0.4, 0.5) is 5.69 Å². The number of benzene rings is 1. The molecule has 1 unspecified atom stereocenters. The Balaban J connectivity index is 1.81. The number of carbonyl (C=O) groups excluding carboxylic acids is 2. The summed E-state index contributed by atoms with van der Waals surface area (Å²) in [5.74, 6) is 3.05. The molecule has 0 aliphatic carbocycles. The van der Waals surface area contributed by atoms with Gasteiger partial charge in [-0.15, -0.1) is 0 Å². The number of hydrazone groups is 1. The number of rotatable bonds is 9. The lowest BCUT2D eigenvalue weighted by Gasteiger charge is -2.14. The first kappa shape index (κ1) is 20.6. The van der Waals surface area contributed by atoms with Gasteiger partial charge in [-0.3, -0.25) is 14.6 Å². The first-order chi connectivity index (χ1) is 13.5. The summed E-state index contributed by atoms with van der Waals surface area (Å²) in [6.45, 7) is 0. The van der Waals surface area contributed by atoms with E-state index in [1.54, 1.807) is 48.8 Å². The number of carboxylic acids is 1. The van der Waals surface area contributed by atoms with Crippen molar-refractivity contribution in [3.05, 3.63) is 59.9 Å². The van der Waals surface area contributed by atoms with E-state index in [2.05, 4.69) is 20.7 Å². The average molecular weight is 383 g/mol. The molecule has 1 aromatic heterocycles. The minimum atomic E-state index is -1.15. The molecule has 146 valence electrons. The number of nitrogens with one attached hydrogen (secondary N) is 2. The summed E-state index contributed by atoms with van der Waals surface area (Å²) in [5.41, 5.74) is 2.05. The Hall–Kier alpha value is -3.75. The predicted octanol–water partition coefficient (Wildman–Crippen LogP) is 0.905. The number of nitrogens with zero attached hydrogens (tertiary/aromatic N) is 2. The minimum absolute atomic E-state index is 0.0723. The van der Waals surface area contributed by atoms with Gasteiger partial charge in [-0.25, -0.2) is 4.79 Å². The third-order valence-corrected chi connectivity index (χ3v) is 3.79. The Bertz CT molecular complexity index is 837. The fraction of sp³-hybridized carbons (Fsp3) is 0.211. The van der Waals surface area contributed by atoms with Crippen molar-refractivity contribution in [2.45, 2.75) is 25.3 Å². The number of pyridine rings is 1. The summed E-state index contributed by atoms with van der Waals surface area (Å²) in [4.78, 5) is 39.3. The highest BCUT2D eigenvalue weighted by Crippen LogP contribution is 2.09. The van der Waals surface area contributed by atoms with Crippen molar-refractivity contribution in [2.75, 3.05) is 5.32 Å². The average Bonchev–Trinajstić information content (AvgIpc) is 2.68. The number of carboxylic acid groups (broad SMARTS) is 1. The van der Waals surface area contributed by atoms with Crippen LogP contribution in [0.15, 0.2) is 53.9 Å². The molecule has 9 heteroatoms. The number of carbonyl (C=O) groups is 3. The molecule has 2 amide bonds. The van der Waals surface area contributed by atoms with E-state index < -0.39 is 17.9 Å². The molecular weight excluding hydrogens is 362 g/mol. The van der Waals surface area contributed by atoms with Crippen LogP contribution >= 0.6 is 0 Å². The monoisotopic (exact) mass is 383 g/mol. The number of aromatic nitrogens is 1. The van der Waals surface area contributed by atoms with Crippen LogP contribution in [0.5, 0.6) is 0 Å². The van der Waals surface area contributed by atoms with E-state index in [-0.39, 0.29) is 25.2 Å². The number of aliphatic carboxylic acids is 1. The highest BCUT2D eigenvalue weighted by Gasteiger charge is 2.20. The minimum Gasteiger partial charge on any atom is -0.480 e. The van der Waals surface area contributed by atoms with E-state index in [4.69, 9.17) is 5.84 Å². The highest BCUT2D eigenvalue weighted by molar-refractivity contribution is 5.94. The largest absolute Gasteiger partial charge is 0.480 e. The molecule has 0 aliphatic heterocycles. The summed E-state index contributed by atoms with van der Waals surface area (Å²) in [6, 6.07) is 9.16. The second-order valence-electron chi connectivity index (χ2n) is 5.97. The fourth-order valence-electron chi connectivity index (χ4n) is 2.41. The molecule has 0 aliphatic rings. The summed E-state index contributed by atoms with van der Waals surface area (Å²) < 4.78 is 0. The maximum atomic E-state index is 12.0. The van der Waals surface area contributed by atoms with Gasteiger partial charge in [0.15, 0.2) is 0 Å². The molecule has 1 aromatic carbocycles. The van der Waals surface area contributed by atoms with Gasteiger partial charge in [0.25, 0.3) is 0 Å². The Morgan fingerprint density at radius 3 is 2.46 bits per heavy atom. The van der Waals surface area contributed by atoms with E-state index in [0.717, 1.165) is 5.56 Å². The van der Waals surface area contributed by atoms with E-state index in [0.29, 0.717) is 11.3 Å². The van der Waals surface area contributed by atoms with Crippen molar-refractivity contribution in [2.24, 2.45) is 10.9 Å². The summed E-state index contributed by atoms with van der Waals surface area (Å²) in [6.07, 6.45) is 4.51. The van der Waals surface area contributed by atoms with Gasteiger partial charge in [0.1, 0.15) is 6.04 Å². The molecule has 2 aromatic rings. The Morgan fingerprint density at radius 1 is 1.14 bits per heavy atom. The Morgan fingerprint density at radius 2 is 1.86 bits per heavy atom.